The second-order valence-corrected chi connectivity index (χ2v) is 11.3. The summed E-state index contributed by atoms with van der Waals surface area (Å²) >= 11 is 12.2. The van der Waals surface area contributed by atoms with E-state index in [0.29, 0.717) is 21.3 Å². The van der Waals surface area contributed by atoms with Crippen LogP contribution < -0.4 is 9.62 Å². The summed E-state index contributed by atoms with van der Waals surface area (Å²) in [5.41, 5.74) is 2.73. The fourth-order valence-electron chi connectivity index (χ4n) is 3.42. The van der Waals surface area contributed by atoms with Crippen LogP contribution in [0.3, 0.4) is 0 Å². The van der Waals surface area contributed by atoms with E-state index in [0.717, 1.165) is 21.7 Å². The van der Waals surface area contributed by atoms with Gasteiger partial charge in [0.05, 0.1) is 22.0 Å². The van der Waals surface area contributed by atoms with Crippen LogP contribution in [0.15, 0.2) is 36.4 Å². The van der Waals surface area contributed by atoms with Gasteiger partial charge in [-0.05, 0) is 69.5 Å². The van der Waals surface area contributed by atoms with Crippen molar-refractivity contribution in [1.82, 2.24) is 10.2 Å². The number of rotatable bonds is 9. The fourth-order valence-corrected chi connectivity index (χ4v) is 4.64. The summed E-state index contributed by atoms with van der Waals surface area (Å²) in [7, 11) is -3.79. The largest absolute Gasteiger partial charge is 0.352 e. The molecule has 0 aromatic heterocycles. The summed E-state index contributed by atoms with van der Waals surface area (Å²) in [5, 5.41) is 3.49. The van der Waals surface area contributed by atoms with E-state index in [-0.39, 0.29) is 18.5 Å². The molecule has 0 saturated heterocycles. The number of benzene rings is 2. The maximum absolute atomic E-state index is 13.5. The molecule has 10 heteroatoms. The monoisotopic (exact) mass is 527 g/mol. The Morgan fingerprint density at radius 1 is 1.03 bits per heavy atom. The molecule has 2 amide bonds. The first-order chi connectivity index (χ1) is 15.7. The SMILES string of the molecule is Cc1cccc(N(CC(=O)N(Cc2ccc(Cl)c(Cl)c2)[C@@H](C)C(=O)NC(C)C)S(C)(=O)=O)c1C. The average Bonchev–Trinajstić information content (AvgIpc) is 2.73. The average molecular weight is 529 g/mol. The third-order valence-corrected chi connectivity index (χ3v) is 7.32. The van der Waals surface area contributed by atoms with Gasteiger partial charge in [-0.15, -0.1) is 0 Å². The van der Waals surface area contributed by atoms with Crippen molar-refractivity contribution in [2.24, 2.45) is 0 Å². The highest BCUT2D eigenvalue weighted by molar-refractivity contribution is 7.92. The van der Waals surface area contributed by atoms with E-state index in [1.807, 2.05) is 26.8 Å². The van der Waals surface area contributed by atoms with Gasteiger partial charge in [-0.1, -0.05) is 41.4 Å². The number of aryl methyl sites for hydroxylation is 1. The van der Waals surface area contributed by atoms with Crippen LogP contribution in [0.1, 0.15) is 37.5 Å². The summed E-state index contributed by atoms with van der Waals surface area (Å²) in [6.07, 6.45) is 1.06. The molecule has 7 nitrogen and oxygen atoms in total. The minimum atomic E-state index is -3.79. The van der Waals surface area contributed by atoms with Crippen molar-refractivity contribution in [3.63, 3.8) is 0 Å². The molecule has 0 aliphatic rings. The van der Waals surface area contributed by atoms with Gasteiger partial charge < -0.3 is 10.2 Å². The number of carbonyl (C=O) groups is 2. The number of hydrogen-bond acceptors (Lipinski definition) is 4. The van der Waals surface area contributed by atoms with E-state index >= 15 is 0 Å². The molecule has 0 bridgehead atoms. The van der Waals surface area contributed by atoms with Gasteiger partial charge in [-0.3, -0.25) is 13.9 Å². The quantitative estimate of drug-likeness (QED) is 0.526. The highest BCUT2D eigenvalue weighted by Crippen LogP contribution is 2.26. The number of hydrogen-bond donors (Lipinski definition) is 1. The predicted molar refractivity (Wildman–Crippen MR) is 138 cm³/mol. The van der Waals surface area contributed by atoms with Crippen molar-refractivity contribution in [3.05, 3.63) is 63.1 Å². The van der Waals surface area contributed by atoms with E-state index in [4.69, 9.17) is 23.2 Å². The summed E-state index contributed by atoms with van der Waals surface area (Å²) in [5.74, 6) is -0.870. The minimum absolute atomic E-state index is 0.0484. The molecule has 0 saturated carbocycles. The van der Waals surface area contributed by atoms with E-state index in [1.165, 1.54) is 4.90 Å². The lowest BCUT2D eigenvalue weighted by molar-refractivity contribution is -0.139. The molecule has 0 aliphatic heterocycles. The molecular formula is C24H31Cl2N3O4S. The lowest BCUT2D eigenvalue weighted by atomic mass is 10.1. The molecule has 186 valence electrons. The Balaban J connectivity index is 2.46. The van der Waals surface area contributed by atoms with Crippen molar-refractivity contribution in [1.29, 1.82) is 0 Å². The predicted octanol–water partition coefficient (Wildman–Crippen LogP) is 4.32. The molecule has 0 fully saturated rings. The van der Waals surface area contributed by atoms with Gasteiger partial charge in [-0.2, -0.15) is 0 Å². The molecule has 2 aromatic rings. The van der Waals surface area contributed by atoms with Gasteiger partial charge in [0.25, 0.3) is 0 Å². The molecule has 34 heavy (non-hydrogen) atoms. The molecule has 0 unspecified atom stereocenters. The van der Waals surface area contributed by atoms with Crippen LogP contribution in [0.4, 0.5) is 5.69 Å². The minimum Gasteiger partial charge on any atom is -0.352 e. The van der Waals surface area contributed by atoms with Crippen LogP contribution in [0.5, 0.6) is 0 Å². The first-order valence-electron chi connectivity index (χ1n) is 10.8. The molecule has 0 heterocycles. The first-order valence-corrected chi connectivity index (χ1v) is 13.4. The van der Waals surface area contributed by atoms with Crippen LogP contribution in [-0.4, -0.2) is 50.0 Å². The Bertz CT molecular complexity index is 1170. The Hall–Kier alpha value is -2.29. The molecule has 2 aromatic carbocycles. The standard InChI is InChI=1S/C24H31Cl2N3O4S/c1-15(2)27-24(31)18(5)28(13-19-10-11-20(25)21(26)12-19)23(30)14-29(34(6,32)33)22-9-7-8-16(3)17(22)4/h7-12,15,18H,13-14H2,1-6H3,(H,27,31)/t18-/m0/s1. The van der Waals surface area contributed by atoms with Crippen molar-refractivity contribution in [3.8, 4) is 0 Å². The third kappa shape index (κ3) is 7.10. The number of anilines is 1. The Labute approximate surface area is 212 Å². The molecular weight excluding hydrogens is 497 g/mol. The van der Waals surface area contributed by atoms with Crippen molar-refractivity contribution < 1.29 is 18.0 Å². The number of sulfonamides is 1. The third-order valence-electron chi connectivity index (χ3n) is 5.46. The number of nitrogens with one attached hydrogen (secondary N) is 1. The Morgan fingerprint density at radius 2 is 1.68 bits per heavy atom. The molecule has 0 aliphatic carbocycles. The molecule has 1 N–H and O–H groups in total. The highest BCUT2D eigenvalue weighted by atomic mass is 35.5. The Morgan fingerprint density at radius 3 is 2.24 bits per heavy atom. The van der Waals surface area contributed by atoms with Gasteiger partial charge in [0.1, 0.15) is 12.6 Å². The summed E-state index contributed by atoms with van der Waals surface area (Å²) < 4.78 is 26.4. The van der Waals surface area contributed by atoms with Crippen molar-refractivity contribution >= 4 is 50.7 Å². The zero-order valence-corrected chi connectivity index (χ0v) is 22.6. The maximum atomic E-state index is 13.5. The number of amides is 2. The van der Waals surface area contributed by atoms with E-state index < -0.39 is 28.5 Å². The van der Waals surface area contributed by atoms with E-state index in [9.17, 15) is 18.0 Å². The van der Waals surface area contributed by atoms with Crippen LogP contribution in [-0.2, 0) is 26.2 Å². The number of halogens is 2. The second-order valence-electron chi connectivity index (χ2n) is 8.60. The molecule has 1 atom stereocenters. The van der Waals surface area contributed by atoms with Gasteiger partial charge in [0.15, 0.2) is 0 Å². The van der Waals surface area contributed by atoms with Gasteiger partial charge in [0, 0.05) is 12.6 Å². The maximum Gasteiger partial charge on any atom is 0.244 e. The zero-order valence-electron chi connectivity index (χ0n) is 20.2. The number of carbonyl (C=O) groups excluding carboxylic acids is 2. The smallest absolute Gasteiger partial charge is 0.244 e. The normalized spacial score (nSPS) is 12.4. The second kappa shape index (κ2) is 11.4. The Kier molecular flexibility index (Phi) is 9.39. The van der Waals surface area contributed by atoms with Crippen LogP contribution in [0.25, 0.3) is 0 Å². The summed E-state index contributed by atoms with van der Waals surface area (Å²) in [4.78, 5) is 27.7. The summed E-state index contributed by atoms with van der Waals surface area (Å²) in [6, 6.07) is 9.23. The zero-order chi connectivity index (χ0) is 25.8. The van der Waals surface area contributed by atoms with Gasteiger partial charge in [0.2, 0.25) is 21.8 Å². The lowest BCUT2D eigenvalue weighted by Crippen LogP contribution is -2.52. The van der Waals surface area contributed by atoms with Crippen LogP contribution >= 0.6 is 23.2 Å². The van der Waals surface area contributed by atoms with Crippen LogP contribution in [0.2, 0.25) is 10.0 Å². The summed E-state index contributed by atoms with van der Waals surface area (Å²) in [6.45, 7) is 8.52. The molecule has 2 rings (SSSR count). The molecule has 0 radical (unpaired) electrons. The first kappa shape index (κ1) is 28.0. The lowest BCUT2D eigenvalue weighted by Gasteiger charge is -2.32. The van der Waals surface area contributed by atoms with E-state index in [2.05, 4.69) is 5.32 Å². The van der Waals surface area contributed by atoms with Gasteiger partial charge >= 0.3 is 0 Å². The molecule has 0 spiro atoms. The topological polar surface area (TPSA) is 86.8 Å². The van der Waals surface area contributed by atoms with Crippen LogP contribution in [0, 0.1) is 13.8 Å². The highest BCUT2D eigenvalue weighted by Gasteiger charge is 2.31. The van der Waals surface area contributed by atoms with Gasteiger partial charge in [-0.25, -0.2) is 8.42 Å². The van der Waals surface area contributed by atoms with Crippen molar-refractivity contribution in [2.45, 2.75) is 53.2 Å². The van der Waals surface area contributed by atoms with E-state index in [1.54, 1.807) is 44.2 Å². The van der Waals surface area contributed by atoms with Crippen molar-refractivity contribution in [2.75, 3.05) is 17.1 Å². The fraction of sp³-hybridized carbons (Fsp3) is 0.417. The number of nitrogens with zero attached hydrogens (tertiary/aromatic N) is 2.